The maximum atomic E-state index is 12.9. The van der Waals surface area contributed by atoms with Crippen molar-refractivity contribution in [3.05, 3.63) is 75.4 Å². The van der Waals surface area contributed by atoms with Gasteiger partial charge in [0.25, 0.3) is 5.91 Å². The van der Waals surface area contributed by atoms with Crippen molar-refractivity contribution in [1.82, 2.24) is 0 Å². The van der Waals surface area contributed by atoms with Gasteiger partial charge in [0.15, 0.2) is 11.2 Å². The van der Waals surface area contributed by atoms with Gasteiger partial charge >= 0.3 is 0 Å². The van der Waals surface area contributed by atoms with Crippen LogP contribution in [0.3, 0.4) is 0 Å². The van der Waals surface area contributed by atoms with Crippen LogP contribution in [0.15, 0.2) is 51.7 Å². The Morgan fingerprint density at radius 2 is 1.78 bits per heavy atom. The molecule has 1 aromatic heterocycles. The molecule has 0 fully saturated rings. The fraction of sp³-hybridized carbons (Fsp3) is 0.111. The predicted octanol–water partition coefficient (Wildman–Crippen LogP) is 3.80. The number of fused-ring (bicyclic) bond motifs is 1. The van der Waals surface area contributed by atoms with Crippen molar-refractivity contribution in [2.24, 2.45) is 0 Å². The molecule has 0 atom stereocenters. The maximum Gasteiger partial charge on any atom is 0.291 e. The van der Waals surface area contributed by atoms with Crippen LogP contribution in [0, 0.1) is 19.7 Å². The van der Waals surface area contributed by atoms with Crippen molar-refractivity contribution >= 4 is 22.6 Å². The molecule has 0 aliphatic carbocycles. The van der Waals surface area contributed by atoms with E-state index in [0.717, 1.165) is 11.1 Å². The van der Waals surface area contributed by atoms with Crippen LogP contribution in [0.1, 0.15) is 21.7 Å². The summed E-state index contributed by atoms with van der Waals surface area (Å²) in [6.07, 6.45) is 0. The number of hydrogen-bond donors (Lipinski definition) is 1. The fourth-order valence-corrected chi connectivity index (χ4v) is 2.50. The molecule has 0 aliphatic rings. The molecular formula is C18H14FNO3. The summed E-state index contributed by atoms with van der Waals surface area (Å²) in [6, 6.07) is 10.1. The Morgan fingerprint density at radius 3 is 2.48 bits per heavy atom. The Balaban J connectivity index is 2.01. The largest absolute Gasteiger partial charge is 0.451 e. The summed E-state index contributed by atoms with van der Waals surface area (Å²) in [4.78, 5) is 24.5. The summed E-state index contributed by atoms with van der Waals surface area (Å²) in [5, 5.41) is 3.03. The van der Waals surface area contributed by atoms with E-state index in [1.807, 2.05) is 19.9 Å². The Bertz CT molecular complexity index is 958. The first-order valence-electron chi connectivity index (χ1n) is 7.06. The van der Waals surface area contributed by atoms with Crippen molar-refractivity contribution in [3.63, 3.8) is 0 Å². The smallest absolute Gasteiger partial charge is 0.291 e. The number of halogens is 1. The van der Waals surface area contributed by atoms with Gasteiger partial charge in [0.05, 0.1) is 5.39 Å². The number of aryl methyl sites for hydroxylation is 2. The number of anilines is 1. The topological polar surface area (TPSA) is 59.3 Å². The summed E-state index contributed by atoms with van der Waals surface area (Å²) in [5.41, 5.74) is 2.26. The molecule has 2 aromatic carbocycles. The lowest BCUT2D eigenvalue weighted by atomic mass is 10.1. The highest BCUT2D eigenvalue weighted by Crippen LogP contribution is 2.19. The van der Waals surface area contributed by atoms with Gasteiger partial charge in [0.1, 0.15) is 11.4 Å². The molecule has 1 heterocycles. The van der Waals surface area contributed by atoms with Gasteiger partial charge in [0.2, 0.25) is 0 Å². The minimum Gasteiger partial charge on any atom is -0.451 e. The first-order chi connectivity index (χ1) is 10.9. The van der Waals surface area contributed by atoms with Crippen LogP contribution in [0.25, 0.3) is 11.0 Å². The zero-order valence-corrected chi connectivity index (χ0v) is 12.6. The normalized spacial score (nSPS) is 10.7. The van der Waals surface area contributed by atoms with Gasteiger partial charge in [-0.05, 0) is 55.3 Å². The van der Waals surface area contributed by atoms with Gasteiger partial charge in [-0.2, -0.15) is 0 Å². The average Bonchev–Trinajstić information content (AvgIpc) is 2.48. The highest BCUT2D eigenvalue weighted by atomic mass is 19.1. The molecule has 0 bridgehead atoms. The zero-order chi connectivity index (χ0) is 16.6. The second kappa shape index (κ2) is 5.68. The second-order valence-corrected chi connectivity index (χ2v) is 5.39. The van der Waals surface area contributed by atoms with E-state index in [9.17, 15) is 14.0 Å². The maximum absolute atomic E-state index is 12.9. The van der Waals surface area contributed by atoms with Crippen LogP contribution in [0.2, 0.25) is 0 Å². The van der Waals surface area contributed by atoms with Crippen molar-refractivity contribution in [2.75, 3.05) is 5.32 Å². The Labute approximate surface area is 131 Å². The highest BCUT2D eigenvalue weighted by molar-refractivity contribution is 6.03. The summed E-state index contributed by atoms with van der Waals surface area (Å²) in [7, 11) is 0. The van der Waals surface area contributed by atoms with Gasteiger partial charge in [-0.25, -0.2) is 4.39 Å². The summed E-state index contributed by atoms with van der Waals surface area (Å²) >= 11 is 0. The minimum absolute atomic E-state index is 0.0863. The highest BCUT2D eigenvalue weighted by Gasteiger charge is 2.14. The minimum atomic E-state index is -0.560. The Morgan fingerprint density at radius 1 is 1.09 bits per heavy atom. The van der Waals surface area contributed by atoms with Crippen molar-refractivity contribution in [2.45, 2.75) is 13.8 Å². The van der Waals surface area contributed by atoms with Crippen LogP contribution < -0.4 is 10.7 Å². The molecule has 5 heteroatoms. The van der Waals surface area contributed by atoms with Crippen molar-refractivity contribution < 1.29 is 13.6 Å². The van der Waals surface area contributed by atoms with Crippen LogP contribution in [-0.4, -0.2) is 5.91 Å². The standard InChI is InChI=1S/C18H14FNO3/c1-10-7-11(2)17-14(21)9-16(23-15(17)8-10)18(22)20-13-5-3-12(19)4-6-13/h3-9H,1-2H3,(H,20,22). The average molecular weight is 311 g/mol. The zero-order valence-electron chi connectivity index (χ0n) is 12.6. The Kier molecular flexibility index (Phi) is 3.70. The lowest BCUT2D eigenvalue weighted by molar-refractivity contribution is 0.0997. The molecule has 0 saturated carbocycles. The molecule has 23 heavy (non-hydrogen) atoms. The molecule has 3 rings (SSSR count). The van der Waals surface area contributed by atoms with Crippen molar-refractivity contribution in [1.29, 1.82) is 0 Å². The number of carbonyl (C=O) groups excluding carboxylic acids is 1. The number of rotatable bonds is 2. The Hall–Kier alpha value is -2.95. The fourth-order valence-electron chi connectivity index (χ4n) is 2.50. The third-order valence-corrected chi connectivity index (χ3v) is 3.50. The van der Waals surface area contributed by atoms with Crippen LogP contribution in [0.5, 0.6) is 0 Å². The first-order valence-corrected chi connectivity index (χ1v) is 7.06. The molecular weight excluding hydrogens is 297 g/mol. The molecule has 1 N–H and O–H groups in total. The van der Waals surface area contributed by atoms with E-state index in [1.165, 1.54) is 30.3 Å². The first kappa shape index (κ1) is 15.0. The van der Waals surface area contributed by atoms with E-state index in [1.54, 1.807) is 6.07 Å². The lowest BCUT2D eigenvalue weighted by Gasteiger charge is -2.07. The quantitative estimate of drug-likeness (QED) is 0.783. The van der Waals surface area contributed by atoms with E-state index in [0.29, 0.717) is 16.7 Å². The number of nitrogens with one attached hydrogen (secondary N) is 1. The van der Waals surface area contributed by atoms with E-state index >= 15 is 0 Å². The molecule has 0 aliphatic heterocycles. The van der Waals surface area contributed by atoms with Crippen LogP contribution >= 0.6 is 0 Å². The monoisotopic (exact) mass is 311 g/mol. The predicted molar refractivity (Wildman–Crippen MR) is 86.3 cm³/mol. The van der Waals surface area contributed by atoms with E-state index < -0.39 is 11.7 Å². The molecule has 116 valence electrons. The van der Waals surface area contributed by atoms with Gasteiger partial charge < -0.3 is 9.73 Å². The molecule has 0 saturated heterocycles. The SMILES string of the molecule is Cc1cc(C)c2c(=O)cc(C(=O)Nc3ccc(F)cc3)oc2c1. The van der Waals surface area contributed by atoms with Crippen LogP contribution in [0.4, 0.5) is 10.1 Å². The van der Waals surface area contributed by atoms with Crippen LogP contribution in [-0.2, 0) is 0 Å². The third-order valence-electron chi connectivity index (χ3n) is 3.50. The number of hydrogen-bond acceptors (Lipinski definition) is 3. The van der Waals surface area contributed by atoms with Gasteiger partial charge in [0, 0.05) is 11.8 Å². The van der Waals surface area contributed by atoms with Gasteiger partial charge in [-0.15, -0.1) is 0 Å². The summed E-state index contributed by atoms with van der Waals surface area (Å²) in [6.45, 7) is 3.71. The van der Waals surface area contributed by atoms with Gasteiger partial charge in [-0.3, -0.25) is 9.59 Å². The number of amides is 1. The second-order valence-electron chi connectivity index (χ2n) is 5.39. The molecule has 0 radical (unpaired) electrons. The molecule has 0 spiro atoms. The lowest BCUT2D eigenvalue weighted by Crippen LogP contribution is -2.15. The van der Waals surface area contributed by atoms with Crippen molar-refractivity contribution in [3.8, 4) is 0 Å². The molecule has 4 nitrogen and oxygen atoms in total. The van der Waals surface area contributed by atoms with E-state index in [-0.39, 0.29) is 11.2 Å². The van der Waals surface area contributed by atoms with E-state index in [2.05, 4.69) is 5.32 Å². The molecule has 0 unspecified atom stereocenters. The summed E-state index contributed by atoms with van der Waals surface area (Å²) < 4.78 is 18.5. The third kappa shape index (κ3) is 2.99. The number of benzene rings is 2. The molecule has 3 aromatic rings. The van der Waals surface area contributed by atoms with Gasteiger partial charge in [-0.1, -0.05) is 6.07 Å². The van der Waals surface area contributed by atoms with E-state index in [4.69, 9.17) is 4.42 Å². The number of carbonyl (C=O) groups is 1. The molecule has 1 amide bonds. The summed E-state index contributed by atoms with van der Waals surface area (Å²) in [5.74, 6) is -1.04.